The first kappa shape index (κ1) is 31.4. The second-order valence-corrected chi connectivity index (χ2v) is 12.5. The van der Waals surface area contributed by atoms with E-state index in [9.17, 15) is 14.9 Å². The van der Waals surface area contributed by atoms with Gasteiger partial charge in [-0.3, -0.25) is 19.1 Å². The van der Waals surface area contributed by atoms with E-state index in [1.807, 2.05) is 19.9 Å². The van der Waals surface area contributed by atoms with Crippen LogP contribution in [0.25, 0.3) is 6.08 Å². The molecule has 8 heteroatoms. The van der Waals surface area contributed by atoms with Gasteiger partial charge < -0.3 is 4.90 Å². The van der Waals surface area contributed by atoms with Gasteiger partial charge in [-0.25, -0.2) is 0 Å². The van der Waals surface area contributed by atoms with Crippen LogP contribution in [-0.2, 0) is 11.3 Å². The number of anilines is 1. The van der Waals surface area contributed by atoms with Crippen molar-refractivity contribution in [1.82, 2.24) is 9.47 Å². The van der Waals surface area contributed by atoms with Gasteiger partial charge >= 0.3 is 0 Å². The van der Waals surface area contributed by atoms with E-state index in [1.165, 1.54) is 76.0 Å². The van der Waals surface area contributed by atoms with Crippen molar-refractivity contribution in [2.45, 2.75) is 117 Å². The van der Waals surface area contributed by atoms with Crippen molar-refractivity contribution in [1.29, 1.82) is 5.26 Å². The molecule has 2 fully saturated rings. The molecule has 0 N–H and O–H groups in total. The maximum atomic E-state index is 13.4. The van der Waals surface area contributed by atoms with Crippen molar-refractivity contribution < 1.29 is 4.79 Å². The standard InChI is InChI=1S/C31H46N4O2S2/c1-4-6-7-8-9-10-11-12-13-18-21-35-30(37)27(39-31(35)38)22-25-24(3)26(23-32)29(36)34(5-2)28(25)33-19-16-14-15-17-20-33/h22H,4-21H2,1-3H3. The molecule has 0 radical (unpaired) electrons. The molecule has 0 spiro atoms. The highest BCUT2D eigenvalue weighted by Crippen LogP contribution is 2.36. The highest BCUT2D eigenvalue weighted by Gasteiger charge is 2.33. The molecule has 214 valence electrons. The minimum Gasteiger partial charge on any atom is -0.357 e. The molecule has 6 nitrogen and oxygen atoms in total. The molecule has 3 rings (SSSR count). The van der Waals surface area contributed by atoms with Gasteiger partial charge in [0.25, 0.3) is 11.5 Å². The minimum atomic E-state index is -0.248. The van der Waals surface area contributed by atoms with Gasteiger partial charge in [0.05, 0.1) is 4.91 Å². The van der Waals surface area contributed by atoms with E-state index in [2.05, 4.69) is 17.9 Å². The van der Waals surface area contributed by atoms with Crippen LogP contribution in [0.1, 0.15) is 120 Å². The number of aromatic nitrogens is 1. The lowest BCUT2D eigenvalue weighted by atomic mass is 10.0. The zero-order valence-corrected chi connectivity index (χ0v) is 25.9. The molecule has 39 heavy (non-hydrogen) atoms. The van der Waals surface area contributed by atoms with E-state index < -0.39 is 0 Å². The maximum absolute atomic E-state index is 13.4. The molecule has 0 saturated carbocycles. The monoisotopic (exact) mass is 570 g/mol. The van der Waals surface area contributed by atoms with Crippen molar-refractivity contribution >= 4 is 46.1 Å². The number of hydrogen-bond donors (Lipinski definition) is 0. The molecule has 0 aromatic carbocycles. The highest BCUT2D eigenvalue weighted by atomic mass is 32.2. The van der Waals surface area contributed by atoms with Gasteiger partial charge in [0.2, 0.25) is 0 Å². The van der Waals surface area contributed by atoms with E-state index in [1.54, 1.807) is 9.47 Å². The Kier molecular flexibility index (Phi) is 13.1. The number of carbonyl (C=O) groups excluding carboxylic acids is 1. The number of nitriles is 1. The SMILES string of the molecule is CCCCCCCCCCCCN1C(=O)C(=Cc2c(C)c(C#N)c(=O)n(CC)c2N2CCCCCC2)SC1=S. The van der Waals surface area contributed by atoms with E-state index in [0.717, 1.165) is 50.2 Å². The van der Waals surface area contributed by atoms with Gasteiger partial charge in [-0.2, -0.15) is 5.26 Å². The molecular formula is C31H46N4O2S2. The van der Waals surface area contributed by atoms with Gasteiger partial charge in [0.15, 0.2) is 0 Å². The lowest BCUT2D eigenvalue weighted by Crippen LogP contribution is -2.35. The van der Waals surface area contributed by atoms with E-state index in [-0.39, 0.29) is 17.0 Å². The first-order valence-corrected chi connectivity index (χ1v) is 16.3. The van der Waals surface area contributed by atoms with Crippen molar-refractivity contribution in [3.05, 3.63) is 31.9 Å². The molecule has 0 atom stereocenters. The summed E-state index contributed by atoms with van der Waals surface area (Å²) in [5.74, 6) is 0.774. The zero-order valence-electron chi connectivity index (χ0n) is 24.2. The van der Waals surface area contributed by atoms with Crippen LogP contribution in [-0.4, -0.2) is 39.3 Å². The van der Waals surface area contributed by atoms with Crippen LogP contribution in [0.2, 0.25) is 0 Å². The Hall–Kier alpha value is -2.11. The summed E-state index contributed by atoms with van der Waals surface area (Å²) in [6.07, 6.45) is 18.9. The minimum absolute atomic E-state index is 0.0603. The summed E-state index contributed by atoms with van der Waals surface area (Å²) in [4.78, 5) is 31.3. The summed E-state index contributed by atoms with van der Waals surface area (Å²) in [6, 6.07) is 2.13. The molecule has 1 aromatic rings. The summed E-state index contributed by atoms with van der Waals surface area (Å²) in [6.45, 7) is 8.87. The Morgan fingerprint density at radius 3 is 2.08 bits per heavy atom. The summed E-state index contributed by atoms with van der Waals surface area (Å²) >= 11 is 6.95. The molecule has 3 heterocycles. The number of thiocarbonyl (C=S) groups is 1. The normalized spacial score (nSPS) is 17.2. The number of hydrogen-bond acceptors (Lipinski definition) is 6. The van der Waals surface area contributed by atoms with Crippen molar-refractivity contribution in [2.24, 2.45) is 0 Å². The lowest BCUT2D eigenvalue weighted by molar-refractivity contribution is -0.122. The molecule has 0 bridgehead atoms. The first-order chi connectivity index (χ1) is 18.9. The molecule has 2 aliphatic heterocycles. The Morgan fingerprint density at radius 2 is 1.51 bits per heavy atom. The summed E-state index contributed by atoms with van der Waals surface area (Å²) < 4.78 is 2.31. The number of rotatable bonds is 14. The highest BCUT2D eigenvalue weighted by molar-refractivity contribution is 8.26. The van der Waals surface area contributed by atoms with Crippen LogP contribution < -0.4 is 10.5 Å². The Morgan fingerprint density at radius 1 is 0.923 bits per heavy atom. The Balaban J connectivity index is 1.74. The largest absolute Gasteiger partial charge is 0.357 e. The number of thioether (sulfide) groups is 1. The molecule has 1 amide bonds. The third-order valence-electron chi connectivity index (χ3n) is 7.95. The van der Waals surface area contributed by atoms with Crippen molar-refractivity contribution in [3.8, 4) is 6.07 Å². The Labute approximate surface area is 244 Å². The van der Waals surface area contributed by atoms with Crippen molar-refractivity contribution in [3.63, 3.8) is 0 Å². The van der Waals surface area contributed by atoms with E-state index >= 15 is 0 Å². The fourth-order valence-corrected chi connectivity index (χ4v) is 6.93. The van der Waals surface area contributed by atoms with Crippen LogP contribution in [0.3, 0.4) is 0 Å². The average molecular weight is 571 g/mol. The maximum Gasteiger partial charge on any atom is 0.270 e. The van der Waals surface area contributed by atoms with Gasteiger partial charge in [-0.15, -0.1) is 0 Å². The number of unbranched alkanes of at least 4 members (excludes halogenated alkanes) is 9. The predicted octanol–water partition coefficient (Wildman–Crippen LogP) is 7.55. The number of nitrogens with zero attached hydrogens (tertiary/aromatic N) is 4. The van der Waals surface area contributed by atoms with Crippen LogP contribution in [0.4, 0.5) is 5.82 Å². The van der Waals surface area contributed by atoms with Gasteiger partial charge in [-0.1, -0.05) is 102 Å². The molecule has 2 aliphatic rings. The topological polar surface area (TPSA) is 69.3 Å². The first-order valence-electron chi connectivity index (χ1n) is 15.1. The predicted molar refractivity (Wildman–Crippen MR) is 168 cm³/mol. The quantitative estimate of drug-likeness (QED) is 0.131. The zero-order chi connectivity index (χ0) is 28.2. The van der Waals surface area contributed by atoms with Crippen molar-refractivity contribution in [2.75, 3.05) is 24.5 Å². The number of amides is 1. The number of pyridine rings is 1. The second-order valence-electron chi connectivity index (χ2n) is 10.8. The summed E-state index contributed by atoms with van der Waals surface area (Å²) in [5.41, 5.74) is 1.35. The van der Waals surface area contributed by atoms with Crippen LogP contribution in [0.5, 0.6) is 0 Å². The smallest absolute Gasteiger partial charge is 0.270 e. The van der Waals surface area contributed by atoms with Gasteiger partial charge in [-0.05, 0) is 44.7 Å². The molecular weight excluding hydrogens is 525 g/mol. The third kappa shape index (κ3) is 8.20. The summed E-state index contributed by atoms with van der Waals surface area (Å²) in [5, 5.41) is 9.81. The fourth-order valence-electron chi connectivity index (χ4n) is 5.64. The van der Waals surface area contributed by atoms with Crippen LogP contribution >= 0.6 is 24.0 Å². The molecule has 1 aromatic heterocycles. The van der Waals surface area contributed by atoms with Gasteiger partial charge in [0, 0.05) is 31.7 Å². The number of carbonyl (C=O) groups is 1. The third-order valence-corrected chi connectivity index (χ3v) is 9.33. The molecule has 2 saturated heterocycles. The van der Waals surface area contributed by atoms with Gasteiger partial charge in [0.1, 0.15) is 21.8 Å². The second kappa shape index (κ2) is 16.2. The lowest BCUT2D eigenvalue weighted by Gasteiger charge is -2.29. The Bertz CT molecular complexity index is 1130. The molecule has 0 unspecified atom stereocenters. The van der Waals surface area contributed by atoms with Crippen LogP contribution in [0, 0.1) is 18.3 Å². The summed E-state index contributed by atoms with van der Waals surface area (Å²) in [7, 11) is 0. The fraction of sp³-hybridized carbons (Fsp3) is 0.677. The van der Waals surface area contributed by atoms with Crippen LogP contribution in [0.15, 0.2) is 9.70 Å². The molecule has 0 aliphatic carbocycles. The van der Waals surface area contributed by atoms with E-state index in [0.29, 0.717) is 27.9 Å². The van der Waals surface area contributed by atoms with E-state index in [4.69, 9.17) is 12.2 Å². The average Bonchev–Trinajstić information content (AvgIpc) is 3.09.